The van der Waals surface area contributed by atoms with Gasteiger partial charge in [0.15, 0.2) is 6.10 Å². The second-order valence-corrected chi connectivity index (χ2v) is 16.7. The van der Waals surface area contributed by atoms with E-state index in [4.69, 9.17) is 14.2 Å². The fourth-order valence-corrected chi connectivity index (χ4v) is 6.59. The van der Waals surface area contributed by atoms with Crippen LogP contribution < -0.4 is 0 Å². The molecule has 64 heavy (non-hydrogen) atoms. The molecule has 0 aromatic rings. The first-order valence-corrected chi connectivity index (χ1v) is 26.1. The quantitative estimate of drug-likeness (QED) is 0.0346. The molecule has 0 aliphatic rings. The Hall–Kier alpha value is -3.70. The fraction of sp³-hybridized carbons (Fsp3) is 0.627. The van der Waals surface area contributed by atoms with E-state index in [1.165, 1.54) is 57.8 Å². The molecule has 0 aromatic heterocycles. The summed E-state index contributed by atoms with van der Waals surface area (Å²) in [6, 6.07) is 0. The second kappa shape index (κ2) is 53.6. The van der Waals surface area contributed by atoms with Crippen LogP contribution in [-0.2, 0) is 23.8 Å². The number of ether oxygens (including phenoxy) is 3. The van der Waals surface area contributed by atoms with Crippen LogP contribution in [0.3, 0.4) is 0 Å². The first-order chi connectivity index (χ1) is 31.6. The molecule has 0 fully saturated rings. The third-order valence-corrected chi connectivity index (χ3v) is 10.4. The summed E-state index contributed by atoms with van der Waals surface area (Å²) in [6.45, 7) is 7.43. The molecule has 0 spiro atoms. The first-order valence-electron chi connectivity index (χ1n) is 26.1. The highest BCUT2D eigenvalue weighted by atomic mass is 16.6. The SMILES string of the molecule is CC/C=C\C/C=C\C/C=C\C/C=C\C/C=C\C/C=C\CCCOCC(COC(=O)CCCCCCC/C=C\C/C=C\CCCCC)OC(=O)CCCCCCC/C=C\C/C=C\CCC. The van der Waals surface area contributed by atoms with E-state index in [0.717, 1.165) is 122 Å². The number of hydrogen-bond donors (Lipinski definition) is 0. The fourth-order valence-electron chi connectivity index (χ4n) is 6.59. The monoisotopic (exact) mass is 885 g/mol. The minimum Gasteiger partial charge on any atom is -0.462 e. The smallest absolute Gasteiger partial charge is 0.306 e. The van der Waals surface area contributed by atoms with Crippen LogP contribution >= 0.6 is 0 Å². The number of unbranched alkanes of at least 4 members (excludes halogenated alkanes) is 15. The minimum absolute atomic E-state index is 0.0416. The van der Waals surface area contributed by atoms with Crippen molar-refractivity contribution in [2.45, 2.75) is 219 Å². The van der Waals surface area contributed by atoms with E-state index in [1.54, 1.807) is 0 Å². The summed E-state index contributed by atoms with van der Waals surface area (Å²) in [7, 11) is 0. The van der Waals surface area contributed by atoms with Crippen LogP contribution in [0.5, 0.6) is 0 Å². The average Bonchev–Trinajstić information content (AvgIpc) is 3.30. The Balaban J connectivity index is 4.43. The van der Waals surface area contributed by atoms with Gasteiger partial charge in [-0.2, -0.15) is 0 Å². The molecule has 362 valence electrons. The molecule has 5 heteroatoms. The molecule has 0 heterocycles. The molecule has 0 amide bonds. The number of carbonyl (C=O) groups is 2. The van der Waals surface area contributed by atoms with E-state index in [9.17, 15) is 9.59 Å². The molecule has 0 N–H and O–H groups in total. The molecule has 1 unspecified atom stereocenters. The maximum Gasteiger partial charge on any atom is 0.306 e. The van der Waals surface area contributed by atoms with Crippen molar-refractivity contribution < 1.29 is 23.8 Å². The Morgan fingerprint density at radius 1 is 0.359 bits per heavy atom. The van der Waals surface area contributed by atoms with Crippen LogP contribution in [0.15, 0.2) is 122 Å². The van der Waals surface area contributed by atoms with Gasteiger partial charge in [0, 0.05) is 19.4 Å². The van der Waals surface area contributed by atoms with Gasteiger partial charge in [-0.1, -0.05) is 200 Å². The van der Waals surface area contributed by atoms with Gasteiger partial charge >= 0.3 is 11.9 Å². The summed E-state index contributed by atoms with van der Waals surface area (Å²) >= 11 is 0. The summed E-state index contributed by atoms with van der Waals surface area (Å²) in [5.74, 6) is -0.470. The summed E-state index contributed by atoms with van der Waals surface area (Å²) in [5.41, 5.74) is 0. The van der Waals surface area contributed by atoms with E-state index in [-0.39, 0.29) is 25.2 Å². The zero-order chi connectivity index (χ0) is 46.3. The minimum atomic E-state index is -0.587. The van der Waals surface area contributed by atoms with E-state index in [1.807, 2.05) is 0 Å². The molecule has 0 aliphatic heterocycles. The molecular formula is C59H96O5. The maximum atomic E-state index is 12.8. The molecule has 0 radical (unpaired) electrons. The average molecular weight is 885 g/mol. The molecule has 0 aliphatic carbocycles. The van der Waals surface area contributed by atoms with Crippen molar-refractivity contribution in [3.05, 3.63) is 122 Å². The van der Waals surface area contributed by atoms with Crippen LogP contribution in [0, 0.1) is 0 Å². The summed E-state index contributed by atoms with van der Waals surface area (Å²) in [6.07, 6.45) is 75.0. The number of rotatable bonds is 46. The van der Waals surface area contributed by atoms with Crippen LogP contribution in [0.2, 0.25) is 0 Å². The van der Waals surface area contributed by atoms with Crippen molar-refractivity contribution in [3.63, 3.8) is 0 Å². The molecule has 0 rings (SSSR count). The van der Waals surface area contributed by atoms with Crippen molar-refractivity contribution in [3.8, 4) is 0 Å². The van der Waals surface area contributed by atoms with Gasteiger partial charge in [-0.25, -0.2) is 0 Å². The lowest BCUT2D eigenvalue weighted by atomic mass is 10.1. The third-order valence-electron chi connectivity index (χ3n) is 10.4. The highest BCUT2D eigenvalue weighted by Gasteiger charge is 2.17. The Morgan fingerprint density at radius 2 is 0.734 bits per heavy atom. The van der Waals surface area contributed by atoms with Gasteiger partial charge in [0.1, 0.15) is 6.61 Å². The second-order valence-electron chi connectivity index (χ2n) is 16.7. The molecule has 5 nitrogen and oxygen atoms in total. The zero-order valence-corrected chi connectivity index (χ0v) is 41.5. The molecular weight excluding hydrogens is 789 g/mol. The van der Waals surface area contributed by atoms with E-state index in [0.29, 0.717) is 19.4 Å². The Bertz CT molecular complexity index is 1320. The van der Waals surface area contributed by atoms with Crippen LogP contribution in [0.25, 0.3) is 0 Å². The van der Waals surface area contributed by atoms with Gasteiger partial charge in [-0.05, 0) is 122 Å². The van der Waals surface area contributed by atoms with Crippen LogP contribution in [0.1, 0.15) is 213 Å². The summed E-state index contributed by atoms with van der Waals surface area (Å²) in [5, 5.41) is 0. The van der Waals surface area contributed by atoms with Gasteiger partial charge in [-0.3, -0.25) is 9.59 Å². The Labute approximate surface area is 395 Å². The zero-order valence-electron chi connectivity index (χ0n) is 41.5. The number of allylic oxidation sites excluding steroid dienone is 20. The predicted molar refractivity (Wildman–Crippen MR) is 279 cm³/mol. The van der Waals surface area contributed by atoms with Crippen molar-refractivity contribution in [1.82, 2.24) is 0 Å². The van der Waals surface area contributed by atoms with E-state index < -0.39 is 6.10 Å². The highest BCUT2D eigenvalue weighted by Crippen LogP contribution is 2.12. The van der Waals surface area contributed by atoms with Gasteiger partial charge in [0.2, 0.25) is 0 Å². The molecule has 1 atom stereocenters. The number of carbonyl (C=O) groups excluding carboxylic acids is 2. The first kappa shape index (κ1) is 60.3. The molecule has 0 bridgehead atoms. The Kier molecular flexibility index (Phi) is 50.5. The molecule has 0 saturated heterocycles. The Morgan fingerprint density at radius 3 is 1.19 bits per heavy atom. The summed E-state index contributed by atoms with van der Waals surface area (Å²) < 4.78 is 17.3. The van der Waals surface area contributed by atoms with Crippen molar-refractivity contribution in [2.24, 2.45) is 0 Å². The van der Waals surface area contributed by atoms with Gasteiger partial charge in [-0.15, -0.1) is 0 Å². The third kappa shape index (κ3) is 50.9. The van der Waals surface area contributed by atoms with Gasteiger partial charge in [0.25, 0.3) is 0 Å². The largest absolute Gasteiger partial charge is 0.462 e. The lowest BCUT2D eigenvalue weighted by Crippen LogP contribution is -2.30. The highest BCUT2D eigenvalue weighted by molar-refractivity contribution is 5.70. The predicted octanol–water partition coefficient (Wildman–Crippen LogP) is 17.8. The van der Waals surface area contributed by atoms with Crippen molar-refractivity contribution in [1.29, 1.82) is 0 Å². The summed E-state index contributed by atoms with van der Waals surface area (Å²) in [4.78, 5) is 25.4. The standard InChI is InChI=1S/C59H96O5/c1-4-7-10-13-16-19-22-25-27-28-29-30-31-33-36-39-42-45-48-51-54-62-55-57(64-59(61)53-50-47-44-41-38-34-24-21-18-15-12-9-6-3)56-63-58(60)52-49-46-43-40-37-35-32-26-23-20-17-14-11-8-5-2/h7,10,12,15-17,19-21,24-27,29-30,32-33,36,42,45,57H,4-6,8-9,11,13-14,18,22-23,28,31,34-35,37-41,43-44,46-56H2,1-3H3/b10-7-,15-12-,19-16-,20-17-,24-21-,27-25-,30-29-,32-26-,36-33-,45-42-. The van der Waals surface area contributed by atoms with Crippen LogP contribution in [0.4, 0.5) is 0 Å². The number of esters is 2. The van der Waals surface area contributed by atoms with Crippen molar-refractivity contribution >= 4 is 11.9 Å². The molecule has 0 saturated carbocycles. The lowest BCUT2D eigenvalue weighted by Gasteiger charge is -2.18. The maximum absolute atomic E-state index is 12.8. The van der Waals surface area contributed by atoms with Crippen LogP contribution in [-0.4, -0.2) is 37.9 Å². The number of hydrogen-bond acceptors (Lipinski definition) is 5. The van der Waals surface area contributed by atoms with E-state index >= 15 is 0 Å². The van der Waals surface area contributed by atoms with Crippen molar-refractivity contribution in [2.75, 3.05) is 19.8 Å². The molecule has 0 aromatic carbocycles. The lowest BCUT2D eigenvalue weighted by molar-refractivity contribution is -0.163. The normalized spacial score (nSPS) is 13.2. The van der Waals surface area contributed by atoms with Gasteiger partial charge in [0.05, 0.1) is 6.61 Å². The topological polar surface area (TPSA) is 61.8 Å². The van der Waals surface area contributed by atoms with Gasteiger partial charge < -0.3 is 14.2 Å². The van der Waals surface area contributed by atoms with E-state index in [2.05, 4.69) is 142 Å².